The summed E-state index contributed by atoms with van der Waals surface area (Å²) in [6.07, 6.45) is 0. The van der Waals surface area contributed by atoms with Gasteiger partial charge in [0.25, 0.3) is 0 Å². The van der Waals surface area contributed by atoms with E-state index in [2.05, 4.69) is 5.32 Å². The molecule has 1 atom stereocenters. The highest BCUT2D eigenvalue weighted by atomic mass is 35.5. The van der Waals surface area contributed by atoms with Crippen molar-refractivity contribution in [3.63, 3.8) is 0 Å². The number of rotatable bonds is 11. The summed E-state index contributed by atoms with van der Waals surface area (Å²) in [4.78, 5) is 27.7. The number of nitrogens with one attached hydrogen (secondary N) is 1. The van der Waals surface area contributed by atoms with Gasteiger partial charge in [-0.05, 0) is 36.6 Å². The average molecular weight is 527 g/mol. The Morgan fingerprint density at radius 2 is 1.63 bits per heavy atom. The number of carbonyl (C=O) groups is 2. The first kappa shape index (κ1) is 28.5. The third-order valence-corrected chi connectivity index (χ3v) is 7.46. The molecule has 0 saturated carbocycles. The van der Waals surface area contributed by atoms with E-state index >= 15 is 0 Å². The lowest BCUT2D eigenvalue weighted by molar-refractivity contribution is -0.139. The molecule has 2 rings (SSSR count). The second kappa shape index (κ2) is 12.3. The molecule has 0 heterocycles. The number of amides is 2. The number of para-hydroxylation sites is 1. The predicted molar refractivity (Wildman–Crippen MR) is 136 cm³/mol. The lowest BCUT2D eigenvalue weighted by Gasteiger charge is -2.33. The Kier molecular flexibility index (Phi) is 10.1. The minimum Gasteiger partial charge on any atom is -0.354 e. The van der Waals surface area contributed by atoms with Crippen LogP contribution in [0.5, 0.6) is 0 Å². The Bertz CT molecular complexity index is 1140. The van der Waals surface area contributed by atoms with E-state index in [1.54, 1.807) is 31.2 Å². The van der Waals surface area contributed by atoms with Crippen molar-refractivity contribution in [1.82, 2.24) is 14.5 Å². The van der Waals surface area contributed by atoms with Crippen LogP contribution in [0.4, 0.5) is 10.1 Å². The summed E-state index contributed by atoms with van der Waals surface area (Å²) in [5, 5.41) is 3.19. The van der Waals surface area contributed by atoms with Gasteiger partial charge in [0.05, 0.1) is 5.69 Å². The third kappa shape index (κ3) is 7.39. The predicted octanol–water partition coefficient (Wildman–Crippen LogP) is 3.28. The standard InChI is InChI=1S/C24H32ClFN4O4S/c1-17(2)14-27-24(32)18(3)29(15-19-10-6-7-11-20(19)25)23(31)16-30(35(33,34)28(4)5)22-13-9-8-12-21(22)26/h6-13,17-18H,14-16H2,1-5H3,(H,27,32)/t18-/m0/s1. The first-order valence-corrected chi connectivity index (χ1v) is 12.9. The molecule has 8 nitrogen and oxygen atoms in total. The second-order valence-corrected chi connectivity index (χ2v) is 11.2. The van der Waals surface area contributed by atoms with Gasteiger partial charge in [0.2, 0.25) is 11.8 Å². The molecule has 0 aliphatic rings. The van der Waals surface area contributed by atoms with E-state index in [0.29, 0.717) is 21.4 Å². The largest absolute Gasteiger partial charge is 0.354 e. The maximum absolute atomic E-state index is 14.6. The van der Waals surface area contributed by atoms with Crippen LogP contribution in [0.15, 0.2) is 48.5 Å². The highest BCUT2D eigenvalue weighted by Crippen LogP contribution is 2.24. The van der Waals surface area contributed by atoms with E-state index < -0.39 is 40.4 Å². The molecule has 0 bridgehead atoms. The van der Waals surface area contributed by atoms with Crippen LogP contribution in [0.3, 0.4) is 0 Å². The van der Waals surface area contributed by atoms with Gasteiger partial charge < -0.3 is 10.2 Å². The van der Waals surface area contributed by atoms with Gasteiger partial charge in [0.1, 0.15) is 18.4 Å². The SMILES string of the molecule is CC(C)CNC(=O)[C@H](C)N(Cc1ccccc1Cl)C(=O)CN(c1ccccc1F)S(=O)(=O)N(C)C. The molecule has 2 aromatic carbocycles. The normalized spacial score (nSPS) is 12.5. The number of nitrogens with zero attached hydrogens (tertiary/aromatic N) is 3. The average Bonchev–Trinajstić information content (AvgIpc) is 2.80. The summed E-state index contributed by atoms with van der Waals surface area (Å²) in [5.74, 6) is -1.69. The van der Waals surface area contributed by atoms with Crippen LogP contribution in [-0.4, -0.2) is 62.7 Å². The van der Waals surface area contributed by atoms with Crippen molar-refractivity contribution in [3.8, 4) is 0 Å². The van der Waals surface area contributed by atoms with Gasteiger partial charge in [-0.1, -0.05) is 55.8 Å². The van der Waals surface area contributed by atoms with Crippen LogP contribution in [0.2, 0.25) is 5.02 Å². The zero-order valence-electron chi connectivity index (χ0n) is 20.5. The monoisotopic (exact) mass is 526 g/mol. The van der Waals surface area contributed by atoms with Crippen molar-refractivity contribution in [2.75, 3.05) is 31.5 Å². The highest BCUT2D eigenvalue weighted by molar-refractivity contribution is 7.90. The van der Waals surface area contributed by atoms with Crippen LogP contribution in [-0.2, 0) is 26.3 Å². The molecule has 192 valence electrons. The Balaban J connectivity index is 2.46. The van der Waals surface area contributed by atoms with Crippen molar-refractivity contribution in [2.24, 2.45) is 5.92 Å². The van der Waals surface area contributed by atoms with E-state index in [1.807, 2.05) is 13.8 Å². The van der Waals surface area contributed by atoms with Gasteiger partial charge in [-0.15, -0.1) is 0 Å². The van der Waals surface area contributed by atoms with Crippen LogP contribution in [0.1, 0.15) is 26.3 Å². The maximum atomic E-state index is 14.6. The Labute approximate surface area is 211 Å². The Morgan fingerprint density at radius 1 is 1.03 bits per heavy atom. The zero-order valence-corrected chi connectivity index (χ0v) is 22.1. The van der Waals surface area contributed by atoms with Gasteiger partial charge in [0.15, 0.2) is 0 Å². The molecule has 0 aromatic heterocycles. The molecule has 0 aliphatic heterocycles. The van der Waals surface area contributed by atoms with Gasteiger partial charge in [0, 0.05) is 32.2 Å². The Hall–Kier alpha value is -2.69. The van der Waals surface area contributed by atoms with E-state index in [-0.39, 0.29) is 18.2 Å². The topological polar surface area (TPSA) is 90.0 Å². The molecule has 0 unspecified atom stereocenters. The van der Waals surface area contributed by atoms with Crippen molar-refractivity contribution < 1.29 is 22.4 Å². The molecule has 0 radical (unpaired) electrons. The van der Waals surface area contributed by atoms with Gasteiger partial charge in [-0.2, -0.15) is 12.7 Å². The van der Waals surface area contributed by atoms with Crippen LogP contribution in [0, 0.1) is 11.7 Å². The van der Waals surface area contributed by atoms with Crippen molar-refractivity contribution in [2.45, 2.75) is 33.4 Å². The van der Waals surface area contributed by atoms with Crippen molar-refractivity contribution in [3.05, 3.63) is 64.9 Å². The van der Waals surface area contributed by atoms with Gasteiger partial charge in [-0.3, -0.25) is 9.59 Å². The molecule has 0 aliphatic carbocycles. The summed E-state index contributed by atoms with van der Waals surface area (Å²) >= 11 is 6.30. The highest BCUT2D eigenvalue weighted by Gasteiger charge is 2.33. The second-order valence-electron chi connectivity index (χ2n) is 8.68. The van der Waals surface area contributed by atoms with E-state index in [1.165, 1.54) is 37.2 Å². The number of hydrogen-bond acceptors (Lipinski definition) is 4. The van der Waals surface area contributed by atoms with Crippen molar-refractivity contribution in [1.29, 1.82) is 0 Å². The molecular weight excluding hydrogens is 495 g/mol. The fourth-order valence-corrected chi connectivity index (χ4v) is 4.46. The summed E-state index contributed by atoms with van der Waals surface area (Å²) in [6, 6.07) is 11.2. The lowest BCUT2D eigenvalue weighted by Crippen LogP contribution is -2.52. The van der Waals surface area contributed by atoms with E-state index in [4.69, 9.17) is 11.6 Å². The van der Waals surface area contributed by atoms with Crippen LogP contribution in [0.25, 0.3) is 0 Å². The summed E-state index contributed by atoms with van der Waals surface area (Å²) in [5.41, 5.74) is 0.308. The van der Waals surface area contributed by atoms with Gasteiger partial charge >= 0.3 is 10.2 Å². The summed E-state index contributed by atoms with van der Waals surface area (Å²) in [6.45, 7) is 5.09. The smallest absolute Gasteiger partial charge is 0.304 e. The molecule has 0 spiro atoms. The third-order valence-electron chi connectivity index (χ3n) is 5.29. The fourth-order valence-electron chi connectivity index (χ4n) is 3.20. The molecule has 1 N–H and O–H groups in total. The van der Waals surface area contributed by atoms with Crippen LogP contribution >= 0.6 is 11.6 Å². The first-order valence-electron chi connectivity index (χ1n) is 11.1. The van der Waals surface area contributed by atoms with E-state index in [0.717, 1.165) is 10.4 Å². The molecule has 11 heteroatoms. The van der Waals surface area contributed by atoms with Crippen LogP contribution < -0.4 is 9.62 Å². The number of hydrogen-bond donors (Lipinski definition) is 1. The zero-order chi connectivity index (χ0) is 26.3. The molecule has 2 aromatic rings. The van der Waals surface area contributed by atoms with Crippen molar-refractivity contribution >= 4 is 39.3 Å². The maximum Gasteiger partial charge on any atom is 0.304 e. The molecule has 0 saturated heterocycles. The molecule has 2 amide bonds. The number of benzene rings is 2. The number of halogens is 2. The minimum atomic E-state index is -4.24. The number of carbonyl (C=O) groups excluding carboxylic acids is 2. The molecule has 35 heavy (non-hydrogen) atoms. The molecular formula is C24H32ClFN4O4S. The quantitative estimate of drug-likeness (QED) is 0.486. The number of anilines is 1. The lowest BCUT2D eigenvalue weighted by atomic mass is 10.1. The molecule has 0 fully saturated rings. The first-order chi connectivity index (χ1) is 16.4. The summed E-state index contributed by atoms with van der Waals surface area (Å²) < 4.78 is 42.3. The summed E-state index contributed by atoms with van der Waals surface area (Å²) in [7, 11) is -1.66. The Morgan fingerprint density at radius 3 is 2.20 bits per heavy atom. The fraction of sp³-hybridized carbons (Fsp3) is 0.417. The van der Waals surface area contributed by atoms with E-state index in [9.17, 15) is 22.4 Å². The van der Waals surface area contributed by atoms with Gasteiger partial charge in [-0.25, -0.2) is 8.70 Å². The minimum absolute atomic E-state index is 0.0398.